The molecule has 0 aliphatic heterocycles. The van der Waals surface area contributed by atoms with Gasteiger partial charge in [0.1, 0.15) is 0 Å². The molecule has 0 aliphatic carbocycles. The van der Waals surface area contributed by atoms with Crippen molar-refractivity contribution in [1.82, 2.24) is 5.32 Å². The summed E-state index contributed by atoms with van der Waals surface area (Å²) in [5.74, 6) is 0.100. The molecule has 0 fully saturated rings. The summed E-state index contributed by atoms with van der Waals surface area (Å²) in [7, 11) is 0. The zero-order valence-electron chi connectivity index (χ0n) is 13.1. The average Bonchev–Trinajstić information content (AvgIpc) is 2.51. The van der Waals surface area contributed by atoms with E-state index >= 15 is 0 Å². The summed E-state index contributed by atoms with van der Waals surface area (Å²) in [5.41, 5.74) is 1.12. The minimum absolute atomic E-state index is 0.100. The van der Waals surface area contributed by atoms with Gasteiger partial charge >= 0.3 is 0 Å². The molecule has 4 nitrogen and oxygen atoms in total. The minimum atomic E-state index is -0.132. The van der Waals surface area contributed by atoms with E-state index in [1.165, 1.54) is 0 Å². The number of carbonyl (C=O) groups excluding carboxylic acids is 1. The summed E-state index contributed by atoms with van der Waals surface area (Å²) >= 11 is 0. The monoisotopic (exact) mass is 293 g/mol. The predicted molar refractivity (Wildman–Crippen MR) is 83.8 cm³/mol. The standard InChI is InChI=1S/C17H27NO3/c1-3-20-17(21-4-2)13-9-8-12-16(19)18-14-15-10-6-5-7-11-15/h5-7,10-11,17H,3-4,8-9,12-14H2,1-2H3,(H,18,19). The number of unbranched alkanes of at least 4 members (excludes halogenated alkanes) is 1. The Morgan fingerprint density at radius 2 is 1.76 bits per heavy atom. The molecule has 0 heterocycles. The topological polar surface area (TPSA) is 47.6 Å². The number of ether oxygens (including phenoxy) is 2. The normalized spacial score (nSPS) is 10.8. The highest BCUT2D eigenvalue weighted by Crippen LogP contribution is 2.08. The van der Waals surface area contributed by atoms with Gasteiger partial charge in [-0.1, -0.05) is 30.3 Å². The summed E-state index contributed by atoms with van der Waals surface area (Å²) in [5, 5.41) is 2.94. The van der Waals surface area contributed by atoms with Crippen LogP contribution in [0.4, 0.5) is 0 Å². The molecule has 1 rings (SSSR count). The third-order valence-corrected chi connectivity index (χ3v) is 3.13. The van der Waals surface area contributed by atoms with Crippen LogP contribution in [0.15, 0.2) is 30.3 Å². The second-order valence-electron chi connectivity index (χ2n) is 4.85. The molecule has 0 unspecified atom stereocenters. The zero-order valence-corrected chi connectivity index (χ0v) is 13.1. The van der Waals surface area contributed by atoms with E-state index in [-0.39, 0.29) is 12.2 Å². The first-order valence-electron chi connectivity index (χ1n) is 7.80. The van der Waals surface area contributed by atoms with Gasteiger partial charge in [0, 0.05) is 26.2 Å². The molecule has 0 saturated carbocycles. The van der Waals surface area contributed by atoms with E-state index in [0.29, 0.717) is 26.2 Å². The molecular weight excluding hydrogens is 266 g/mol. The third-order valence-electron chi connectivity index (χ3n) is 3.13. The fourth-order valence-electron chi connectivity index (χ4n) is 2.07. The SMILES string of the molecule is CCOC(CCCCC(=O)NCc1ccccc1)OCC. The highest BCUT2D eigenvalue weighted by molar-refractivity contribution is 5.75. The second-order valence-corrected chi connectivity index (χ2v) is 4.85. The van der Waals surface area contributed by atoms with Gasteiger partial charge in [0.2, 0.25) is 5.91 Å². The minimum Gasteiger partial charge on any atom is -0.353 e. The van der Waals surface area contributed by atoms with Crippen molar-refractivity contribution in [1.29, 1.82) is 0 Å². The molecule has 4 heteroatoms. The molecule has 1 aromatic carbocycles. The van der Waals surface area contributed by atoms with Gasteiger partial charge in [-0.25, -0.2) is 0 Å². The van der Waals surface area contributed by atoms with Crippen LogP contribution in [0.1, 0.15) is 45.1 Å². The van der Waals surface area contributed by atoms with Crippen molar-refractivity contribution in [3.63, 3.8) is 0 Å². The van der Waals surface area contributed by atoms with Crippen LogP contribution in [0, 0.1) is 0 Å². The number of hydrogen-bond acceptors (Lipinski definition) is 3. The maximum atomic E-state index is 11.7. The quantitative estimate of drug-likeness (QED) is 0.503. The number of benzene rings is 1. The molecule has 1 amide bonds. The highest BCUT2D eigenvalue weighted by atomic mass is 16.7. The van der Waals surface area contributed by atoms with Gasteiger partial charge in [-0.3, -0.25) is 4.79 Å². The van der Waals surface area contributed by atoms with Crippen LogP contribution in [0.25, 0.3) is 0 Å². The molecule has 0 saturated heterocycles. The van der Waals surface area contributed by atoms with Gasteiger partial charge in [0.05, 0.1) is 0 Å². The maximum absolute atomic E-state index is 11.7. The summed E-state index contributed by atoms with van der Waals surface area (Å²) in [4.78, 5) is 11.7. The van der Waals surface area contributed by atoms with Crippen molar-refractivity contribution in [2.24, 2.45) is 0 Å². The predicted octanol–water partition coefficient (Wildman–Crippen LogP) is 3.26. The molecule has 21 heavy (non-hydrogen) atoms. The number of hydrogen-bond donors (Lipinski definition) is 1. The summed E-state index contributed by atoms with van der Waals surface area (Å²) in [6.07, 6.45) is 3.05. The van der Waals surface area contributed by atoms with Crippen LogP contribution in [-0.2, 0) is 20.8 Å². The first-order chi connectivity index (χ1) is 10.3. The Morgan fingerprint density at radius 1 is 1.10 bits per heavy atom. The lowest BCUT2D eigenvalue weighted by Gasteiger charge is -2.16. The third kappa shape index (κ3) is 8.48. The van der Waals surface area contributed by atoms with E-state index in [2.05, 4.69) is 5.32 Å². The Kier molecular flexibility index (Phi) is 9.49. The highest BCUT2D eigenvalue weighted by Gasteiger charge is 2.08. The second kappa shape index (κ2) is 11.3. The van der Waals surface area contributed by atoms with Gasteiger partial charge in [0.25, 0.3) is 0 Å². The maximum Gasteiger partial charge on any atom is 0.220 e. The average molecular weight is 293 g/mol. The zero-order chi connectivity index (χ0) is 15.3. The Balaban J connectivity index is 2.10. The first-order valence-corrected chi connectivity index (χ1v) is 7.80. The van der Waals surface area contributed by atoms with Crippen molar-refractivity contribution in [2.45, 2.75) is 52.4 Å². The van der Waals surface area contributed by atoms with E-state index in [1.807, 2.05) is 44.2 Å². The van der Waals surface area contributed by atoms with Crippen LogP contribution >= 0.6 is 0 Å². The fourth-order valence-corrected chi connectivity index (χ4v) is 2.07. The molecule has 1 aromatic rings. The van der Waals surface area contributed by atoms with Crippen molar-refractivity contribution < 1.29 is 14.3 Å². The van der Waals surface area contributed by atoms with Gasteiger partial charge in [0.15, 0.2) is 6.29 Å². The van der Waals surface area contributed by atoms with E-state index in [4.69, 9.17) is 9.47 Å². The van der Waals surface area contributed by atoms with Gasteiger partial charge in [-0.2, -0.15) is 0 Å². The molecule has 0 radical (unpaired) electrons. The van der Waals surface area contributed by atoms with Crippen molar-refractivity contribution >= 4 is 5.91 Å². The van der Waals surface area contributed by atoms with Crippen LogP contribution in [0.3, 0.4) is 0 Å². The summed E-state index contributed by atoms with van der Waals surface area (Å²) in [6, 6.07) is 9.94. The fraction of sp³-hybridized carbons (Fsp3) is 0.588. The van der Waals surface area contributed by atoms with E-state index in [9.17, 15) is 4.79 Å². The lowest BCUT2D eigenvalue weighted by atomic mass is 10.1. The molecule has 0 bridgehead atoms. The smallest absolute Gasteiger partial charge is 0.220 e. The number of carbonyl (C=O) groups is 1. The number of nitrogens with one attached hydrogen (secondary N) is 1. The van der Waals surface area contributed by atoms with E-state index in [1.54, 1.807) is 0 Å². The lowest BCUT2D eigenvalue weighted by molar-refractivity contribution is -0.140. The molecule has 118 valence electrons. The van der Waals surface area contributed by atoms with Crippen LogP contribution in [-0.4, -0.2) is 25.4 Å². The lowest BCUT2D eigenvalue weighted by Crippen LogP contribution is -2.22. The van der Waals surface area contributed by atoms with Gasteiger partial charge in [-0.15, -0.1) is 0 Å². The Bertz CT molecular complexity index is 375. The molecular formula is C17H27NO3. The van der Waals surface area contributed by atoms with Crippen LogP contribution in [0.2, 0.25) is 0 Å². The Hall–Kier alpha value is -1.39. The van der Waals surface area contributed by atoms with E-state index < -0.39 is 0 Å². The first kappa shape index (κ1) is 17.7. The van der Waals surface area contributed by atoms with Gasteiger partial charge in [-0.05, 0) is 38.7 Å². The molecule has 0 aromatic heterocycles. The summed E-state index contributed by atoms with van der Waals surface area (Å²) in [6.45, 7) is 5.83. The Morgan fingerprint density at radius 3 is 2.38 bits per heavy atom. The van der Waals surface area contributed by atoms with Crippen LogP contribution in [0.5, 0.6) is 0 Å². The molecule has 0 aliphatic rings. The number of amides is 1. The van der Waals surface area contributed by atoms with Crippen molar-refractivity contribution in [2.75, 3.05) is 13.2 Å². The summed E-state index contributed by atoms with van der Waals surface area (Å²) < 4.78 is 10.9. The van der Waals surface area contributed by atoms with Crippen molar-refractivity contribution in [3.8, 4) is 0 Å². The van der Waals surface area contributed by atoms with Crippen LogP contribution < -0.4 is 5.32 Å². The van der Waals surface area contributed by atoms with E-state index in [0.717, 1.165) is 24.8 Å². The largest absolute Gasteiger partial charge is 0.353 e. The Labute approximate surface area is 127 Å². The molecule has 0 spiro atoms. The van der Waals surface area contributed by atoms with Gasteiger partial charge < -0.3 is 14.8 Å². The number of rotatable bonds is 11. The molecule has 1 N–H and O–H groups in total. The molecule has 0 atom stereocenters. The van der Waals surface area contributed by atoms with Crippen molar-refractivity contribution in [3.05, 3.63) is 35.9 Å².